The van der Waals surface area contributed by atoms with Gasteiger partial charge in [-0.15, -0.1) is 0 Å². The summed E-state index contributed by atoms with van der Waals surface area (Å²) in [5, 5.41) is 21.3. The summed E-state index contributed by atoms with van der Waals surface area (Å²) in [5.41, 5.74) is -1.73. The number of aliphatic hydroxyl groups is 2. The Morgan fingerprint density at radius 1 is 1.28 bits per heavy atom. The Morgan fingerprint density at radius 2 is 2.00 bits per heavy atom. The molecule has 0 bridgehead atoms. The zero-order chi connectivity index (χ0) is 23.5. The highest BCUT2D eigenvalue weighted by atomic mass is 16.7. The maximum atomic E-state index is 13.1. The molecular weight excluding hydrogens is 412 g/mol. The molecule has 0 spiro atoms. The summed E-state index contributed by atoms with van der Waals surface area (Å²) in [7, 11) is 0. The van der Waals surface area contributed by atoms with Crippen molar-refractivity contribution in [1.82, 2.24) is 0 Å². The van der Waals surface area contributed by atoms with Gasteiger partial charge in [0, 0.05) is 16.7 Å². The van der Waals surface area contributed by atoms with Crippen LogP contribution in [0.4, 0.5) is 4.79 Å². The van der Waals surface area contributed by atoms with E-state index in [4.69, 9.17) is 9.47 Å². The Balaban J connectivity index is 1.76. The highest BCUT2D eigenvalue weighted by Gasteiger charge is 2.70. The Labute approximate surface area is 188 Å². The summed E-state index contributed by atoms with van der Waals surface area (Å²) in [5.74, 6) is -0.408. The zero-order valence-corrected chi connectivity index (χ0v) is 19.3. The number of carbonyl (C=O) groups is 3. The van der Waals surface area contributed by atoms with E-state index in [0.29, 0.717) is 12.8 Å². The largest absolute Gasteiger partial charge is 0.509 e. The lowest BCUT2D eigenvalue weighted by molar-refractivity contribution is -0.185. The van der Waals surface area contributed by atoms with Crippen LogP contribution in [-0.4, -0.2) is 52.9 Å². The van der Waals surface area contributed by atoms with Gasteiger partial charge in [0.05, 0.1) is 12.7 Å². The quantitative estimate of drug-likeness (QED) is 0.639. The van der Waals surface area contributed by atoms with Crippen molar-refractivity contribution in [3.8, 4) is 0 Å². The van der Waals surface area contributed by atoms with Crippen LogP contribution in [0.3, 0.4) is 0 Å². The fraction of sp³-hybridized carbons (Fsp3) is 0.720. The van der Waals surface area contributed by atoms with Crippen molar-refractivity contribution >= 4 is 17.7 Å². The van der Waals surface area contributed by atoms with Crippen LogP contribution in [0.1, 0.15) is 53.4 Å². The van der Waals surface area contributed by atoms with Crippen LogP contribution in [0.25, 0.3) is 0 Å². The predicted octanol–water partition coefficient (Wildman–Crippen LogP) is 2.98. The number of allylic oxidation sites excluding steroid dienone is 4. The van der Waals surface area contributed by atoms with Gasteiger partial charge in [0.2, 0.25) is 5.78 Å². The Morgan fingerprint density at radius 3 is 2.66 bits per heavy atom. The first kappa shape index (κ1) is 23.2. The molecule has 8 atom stereocenters. The van der Waals surface area contributed by atoms with Crippen molar-refractivity contribution < 1.29 is 34.1 Å². The summed E-state index contributed by atoms with van der Waals surface area (Å²) in [6.45, 7) is 7.16. The normalized spacial score (nSPS) is 44.8. The van der Waals surface area contributed by atoms with Gasteiger partial charge in [-0.05, 0) is 62.5 Å². The van der Waals surface area contributed by atoms with E-state index >= 15 is 0 Å². The molecule has 0 aromatic rings. The number of ketones is 2. The number of aliphatic hydroxyl groups excluding tert-OH is 2. The smallest absolute Gasteiger partial charge is 0.435 e. The van der Waals surface area contributed by atoms with Crippen LogP contribution in [0.2, 0.25) is 0 Å². The lowest BCUT2D eigenvalue weighted by Crippen LogP contribution is -2.63. The zero-order valence-electron chi connectivity index (χ0n) is 19.3. The number of hydrogen-bond acceptors (Lipinski definition) is 7. The average molecular weight is 447 g/mol. The third-order valence-electron chi connectivity index (χ3n) is 9.05. The number of Topliss-reactive ketones (excluding diaryl/α,β-unsaturated/α-hetero) is 1. The Kier molecular flexibility index (Phi) is 5.65. The molecule has 7 nitrogen and oxygen atoms in total. The van der Waals surface area contributed by atoms with Crippen LogP contribution in [-0.2, 0) is 19.1 Å². The second-order valence-electron chi connectivity index (χ2n) is 10.5. The minimum atomic E-state index is -1.52. The molecule has 0 aliphatic heterocycles. The van der Waals surface area contributed by atoms with E-state index in [0.717, 1.165) is 12.0 Å². The van der Waals surface area contributed by atoms with Gasteiger partial charge in [-0.2, -0.15) is 0 Å². The molecule has 3 saturated carbocycles. The molecular formula is C25H34O7. The highest BCUT2D eigenvalue weighted by Crippen LogP contribution is 2.68. The maximum Gasteiger partial charge on any atom is 0.509 e. The fourth-order valence-electron chi connectivity index (χ4n) is 7.84. The second kappa shape index (κ2) is 7.80. The molecule has 4 aliphatic carbocycles. The fourth-order valence-corrected chi connectivity index (χ4v) is 7.84. The monoisotopic (exact) mass is 446 g/mol. The SMILES string of the molecule is CCOC(=O)O[C@]1(C(=O)CO)CC[C@H]2[C@@H]3C[C@H](C)C4=CC(=O)C=C[C@]4(C)[C@H]3C(O)C[C@@]21C. The molecule has 0 radical (unpaired) electrons. The molecule has 32 heavy (non-hydrogen) atoms. The van der Waals surface area contributed by atoms with Crippen molar-refractivity contribution in [3.63, 3.8) is 0 Å². The number of ether oxygens (including phenoxy) is 2. The summed E-state index contributed by atoms with van der Waals surface area (Å²) in [6.07, 6.45) is 5.59. The van der Waals surface area contributed by atoms with Crippen molar-refractivity contribution in [2.45, 2.75) is 65.1 Å². The van der Waals surface area contributed by atoms with Crippen molar-refractivity contribution in [2.24, 2.45) is 34.5 Å². The molecule has 1 unspecified atom stereocenters. The molecule has 0 amide bonds. The molecule has 3 fully saturated rings. The first-order valence-electron chi connectivity index (χ1n) is 11.7. The molecule has 0 saturated heterocycles. The standard InChI is InChI=1S/C25H34O7/c1-5-31-22(30)32-25(20(29)13-26)9-7-17-16-10-14(2)18-11-15(27)6-8-23(18,3)21(16)19(28)12-24(17,25)4/h6,8,11,14,16-17,19,21,26,28H,5,7,9-10,12-13H2,1-4H3/t14-,16-,17-,19?,21+,23-,24-,25-/m0/s1. The van der Waals surface area contributed by atoms with Gasteiger partial charge in [-0.3, -0.25) is 9.59 Å². The third-order valence-corrected chi connectivity index (χ3v) is 9.05. The lowest BCUT2D eigenvalue weighted by atomic mass is 9.44. The van der Waals surface area contributed by atoms with Crippen LogP contribution < -0.4 is 0 Å². The number of rotatable bonds is 4. The first-order valence-corrected chi connectivity index (χ1v) is 11.7. The molecule has 0 aromatic carbocycles. The number of hydrogen-bond donors (Lipinski definition) is 2. The van der Waals surface area contributed by atoms with Gasteiger partial charge >= 0.3 is 6.16 Å². The highest BCUT2D eigenvalue weighted by molar-refractivity contribution is 6.01. The topological polar surface area (TPSA) is 110 Å². The van der Waals surface area contributed by atoms with Crippen molar-refractivity contribution in [2.75, 3.05) is 13.2 Å². The number of carbonyl (C=O) groups excluding carboxylic acids is 3. The van der Waals surface area contributed by atoms with Crippen LogP contribution in [0.5, 0.6) is 0 Å². The minimum absolute atomic E-state index is 0.0193. The molecule has 4 rings (SSSR count). The maximum absolute atomic E-state index is 13.1. The van der Waals surface area contributed by atoms with Gasteiger partial charge in [0.15, 0.2) is 11.4 Å². The van der Waals surface area contributed by atoms with E-state index < -0.39 is 41.1 Å². The number of fused-ring (bicyclic) bond motifs is 5. The molecule has 4 aliphatic rings. The van der Waals surface area contributed by atoms with Crippen molar-refractivity contribution in [3.05, 3.63) is 23.8 Å². The molecule has 0 aromatic heterocycles. The first-order chi connectivity index (χ1) is 15.0. The van der Waals surface area contributed by atoms with Crippen LogP contribution in [0.15, 0.2) is 23.8 Å². The summed E-state index contributed by atoms with van der Waals surface area (Å²) >= 11 is 0. The van der Waals surface area contributed by atoms with Gasteiger partial charge in [-0.25, -0.2) is 4.79 Å². The van der Waals surface area contributed by atoms with Gasteiger partial charge in [-0.1, -0.05) is 32.4 Å². The molecule has 0 heterocycles. The van der Waals surface area contributed by atoms with Gasteiger partial charge in [0.25, 0.3) is 0 Å². The molecule has 176 valence electrons. The van der Waals surface area contributed by atoms with Gasteiger partial charge < -0.3 is 19.7 Å². The third kappa shape index (κ3) is 3.04. The molecule has 2 N–H and O–H groups in total. The second-order valence-corrected chi connectivity index (χ2v) is 10.5. The average Bonchev–Trinajstić information content (AvgIpc) is 3.01. The van der Waals surface area contributed by atoms with Crippen LogP contribution >= 0.6 is 0 Å². The summed E-state index contributed by atoms with van der Waals surface area (Å²) < 4.78 is 10.7. The Hall–Kier alpha value is -1.99. The van der Waals surface area contributed by atoms with E-state index in [1.54, 1.807) is 19.1 Å². The van der Waals surface area contributed by atoms with Crippen LogP contribution in [0, 0.1) is 34.5 Å². The summed E-state index contributed by atoms with van der Waals surface area (Å²) in [6, 6.07) is 0. The van der Waals surface area contributed by atoms with E-state index in [2.05, 4.69) is 13.8 Å². The Bertz CT molecular complexity index is 891. The van der Waals surface area contributed by atoms with Gasteiger partial charge in [0.1, 0.15) is 6.61 Å². The summed E-state index contributed by atoms with van der Waals surface area (Å²) in [4.78, 5) is 37.5. The van der Waals surface area contributed by atoms with E-state index in [1.807, 2.05) is 13.0 Å². The minimum Gasteiger partial charge on any atom is -0.435 e. The molecule has 7 heteroatoms. The van der Waals surface area contributed by atoms with E-state index in [-0.39, 0.29) is 42.5 Å². The van der Waals surface area contributed by atoms with E-state index in [9.17, 15) is 24.6 Å². The van der Waals surface area contributed by atoms with E-state index in [1.165, 1.54) is 0 Å². The van der Waals surface area contributed by atoms with Crippen molar-refractivity contribution in [1.29, 1.82) is 0 Å². The predicted molar refractivity (Wildman–Crippen MR) is 115 cm³/mol. The lowest BCUT2D eigenvalue weighted by Gasteiger charge is -2.61.